The van der Waals surface area contributed by atoms with Gasteiger partial charge in [0.2, 0.25) is 10.3 Å². The van der Waals surface area contributed by atoms with Crippen LogP contribution in [0.1, 0.15) is 15.9 Å². The van der Waals surface area contributed by atoms with Gasteiger partial charge in [0.05, 0.1) is 6.21 Å². The normalized spacial score (nSPS) is 10.6. The average molecular weight is 323 g/mol. The summed E-state index contributed by atoms with van der Waals surface area (Å²) in [5.41, 5.74) is 4.33. The maximum Gasteiger partial charge on any atom is 0.257 e. The van der Waals surface area contributed by atoms with E-state index in [1.54, 1.807) is 30.5 Å². The van der Waals surface area contributed by atoms with Crippen molar-refractivity contribution in [2.24, 2.45) is 5.10 Å². The zero-order chi connectivity index (χ0) is 15.9. The van der Waals surface area contributed by atoms with Gasteiger partial charge in [-0.25, -0.2) is 0 Å². The number of rotatable bonds is 5. The molecule has 0 saturated carbocycles. The molecule has 6 nitrogen and oxygen atoms in total. The molecule has 1 heterocycles. The third-order valence-electron chi connectivity index (χ3n) is 2.85. The summed E-state index contributed by atoms with van der Waals surface area (Å²) in [4.78, 5) is 12.0. The van der Waals surface area contributed by atoms with Gasteiger partial charge in [-0.1, -0.05) is 59.9 Å². The van der Waals surface area contributed by atoms with Gasteiger partial charge in [-0.15, -0.1) is 10.2 Å². The highest BCUT2D eigenvalue weighted by molar-refractivity contribution is 7.19. The Bertz CT molecular complexity index is 802. The second kappa shape index (κ2) is 7.28. The molecule has 114 valence electrons. The first kappa shape index (κ1) is 14.9. The Kier molecular flexibility index (Phi) is 4.70. The molecule has 3 aromatic rings. The fourth-order valence-electron chi connectivity index (χ4n) is 1.78. The van der Waals surface area contributed by atoms with Crippen molar-refractivity contribution in [2.45, 2.75) is 0 Å². The number of anilines is 2. The third-order valence-corrected chi connectivity index (χ3v) is 3.60. The van der Waals surface area contributed by atoms with Gasteiger partial charge in [0.25, 0.3) is 5.91 Å². The Morgan fingerprint density at radius 2 is 1.61 bits per heavy atom. The number of hydrazone groups is 1. The maximum absolute atomic E-state index is 12.0. The van der Waals surface area contributed by atoms with Crippen LogP contribution in [0.15, 0.2) is 65.8 Å². The van der Waals surface area contributed by atoms with E-state index in [9.17, 15) is 4.79 Å². The minimum absolute atomic E-state index is 0.221. The minimum atomic E-state index is -0.221. The molecule has 0 aliphatic rings. The summed E-state index contributed by atoms with van der Waals surface area (Å²) in [5, 5.41) is 15.5. The molecule has 1 aromatic heterocycles. The molecule has 0 bridgehead atoms. The predicted molar refractivity (Wildman–Crippen MR) is 92.0 cm³/mol. The summed E-state index contributed by atoms with van der Waals surface area (Å²) in [7, 11) is 0. The van der Waals surface area contributed by atoms with Crippen molar-refractivity contribution >= 4 is 33.7 Å². The molecule has 0 aliphatic heterocycles. The summed E-state index contributed by atoms with van der Waals surface area (Å²) in [6.45, 7) is 0. The maximum atomic E-state index is 12.0. The van der Waals surface area contributed by atoms with Crippen LogP contribution in [0.4, 0.5) is 10.3 Å². The van der Waals surface area contributed by atoms with Crippen molar-refractivity contribution in [2.75, 3.05) is 10.7 Å². The lowest BCUT2D eigenvalue weighted by atomic mass is 10.2. The first-order valence-electron chi connectivity index (χ1n) is 6.85. The number of hydrogen-bond donors (Lipinski definition) is 2. The molecule has 7 heteroatoms. The second-order valence-corrected chi connectivity index (χ2v) is 5.49. The summed E-state index contributed by atoms with van der Waals surface area (Å²) in [6, 6.07) is 18.6. The monoisotopic (exact) mass is 323 g/mol. The van der Waals surface area contributed by atoms with Crippen LogP contribution < -0.4 is 10.7 Å². The third kappa shape index (κ3) is 4.21. The molecule has 1 amide bonds. The molecule has 0 unspecified atom stereocenters. The number of carbonyl (C=O) groups is 1. The van der Waals surface area contributed by atoms with Crippen molar-refractivity contribution in [3.63, 3.8) is 0 Å². The van der Waals surface area contributed by atoms with Gasteiger partial charge in [0.15, 0.2) is 0 Å². The SMILES string of the molecule is O=C(Nc1nnc(N/N=C\c2ccccc2)s1)c1ccccc1. The number of aromatic nitrogens is 2. The molecule has 3 rings (SSSR count). The number of carbonyl (C=O) groups excluding carboxylic acids is 1. The number of hydrogen-bond acceptors (Lipinski definition) is 6. The number of nitrogens with one attached hydrogen (secondary N) is 2. The minimum Gasteiger partial charge on any atom is -0.296 e. The van der Waals surface area contributed by atoms with Crippen LogP contribution in [0.3, 0.4) is 0 Å². The first-order chi connectivity index (χ1) is 11.3. The summed E-state index contributed by atoms with van der Waals surface area (Å²) in [6.07, 6.45) is 1.68. The molecule has 0 saturated heterocycles. The Morgan fingerprint density at radius 1 is 0.957 bits per heavy atom. The van der Waals surface area contributed by atoms with Crippen LogP contribution in [-0.4, -0.2) is 22.3 Å². The van der Waals surface area contributed by atoms with E-state index < -0.39 is 0 Å². The van der Waals surface area contributed by atoms with Crippen molar-refractivity contribution < 1.29 is 4.79 Å². The van der Waals surface area contributed by atoms with Gasteiger partial charge in [0.1, 0.15) is 0 Å². The van der Waals surface area contributed by atoms with Gasteiger partial charge < -0.3 is 0 Å². The molecule has 0 aliphatic carbocycles. The van der Waals surface area contributed by atoms with Crippen LogP contribution in [-0.2, 0) is 0 Å². The Hall–Kier alpha value is -3.06. The van der Waals surface area contributed by atoms with Gasteiger partial charge in [-0.2, -0.15) is 5.10 Å². The van der Waals surface area contributed by atoms with E-state index in [1.807, 2.05) is 36.4 Å². The summed E-state index contributed by atoms with van der Waals surface area (Å²) in [5.74, 6) is -0.221. The van der Waals surface area contributed by atoms with Crippen molar-refractivity contribution in [3.05, 3.63) is 71.8 Å². The van der Waals surface area contributed by atoms with Gasteiger partial charge in [-0.05, 0) is 17.7 Å². The first-order valence-corrected chi connectivity index (χ1v) is 7.67. The van der Waals surface area contributed by atoms with Gasteiger partial charge >= 0.3 is 0 Å². The van der Waals surface area contributed by atoms with Crippen molar-refractivity contribution in [1.82, 2.24) is 10.2 Å². The highest BCUT2D eigenvalue weighted by Crippen LogP contribution is 2.20. The lowest BCUT2D eigenvalue weighted by molar-refractivity contribution is 0.102. The van der Waals surface area contributed by atoms with Crippen molar-refractivity contribution in [1.29, 1.82) is 0 Å². The van der Waals surface area contributed by atoms with Gasteiger partial charge in [0, 0.05) is 5.56 Å². The van der Waals surface area contributed by atoms with Crippen molar-refractivity contribution in [3.8, 4) is 0 Å². The van der Waals surface area contributed by atoms with Crippen LogP contribution >= 0.6 is 11.3 Å². The lowest BCUT2D eigenvalue weighted by Gasteiger charge is -1.99. The Labute approximate surface area is 136 Å². The zero-order valence-electron chi connectivity index (χ0n) is 12.0. The van der Waals surface area contributed by atoms with Crippen LogP contribution in [0, 0.1) is 0 Å². The van der Waals surface area contributed by atoms with Crippen LogP contribution in [0.2, 0.25) is 0 Å². The quantitative estimate of drug-likeness (QED) is 0.558. The van der Waals surface area contributed by atoms with E-state index >= 15 is 0 Å². The molecule has 0 spiro atoms. The predicted octanol–water partition coefficient (Wildman–Crippen LogP) is 3.24. The zero-order valence-corrected chi connectivity index (χ0v) is 12.8. The highest BCUT2D eigenvalue weighted by Gasteiger charge is 2.09. The van der Waals surface area contributed by atoms with E-state index in [0.717, 1.165) is 5.56 Å². The Balaban J connectivity index is 1.58. The molecule has 23 heavy (non-hydrogen) atoms. The smallest absolute Gasteiger partial charge is 0.257 e. The highest BCUT2D eigenvalue weighted by atomic mass is 32.1. The fourth-order valence-corrected chi connectivity index (χ4v) is 2.37. The molecular formula is C16H13N5OS. The van der Waals surface area contributed by atoms with Gasteiger partial charge in [-0.3, -0.25) is 15.5 Å². The van der Waals surface area contributed by atoms with Crippen LogP contribution in [0.5, 0.6) is 0 Å². The number of amides is 1. The fraction of sp³-hybridized carbons (Fsp3) is 0. The average Bonchev–Trinajstić information content (AvgIpc) is 3.04. The summed E-state index contributed by atoms with van der Waals surface area (Å²) >= 11 is 1.21. The number of benzene rings is 2. The van der Waals surface area contributed by atoms with E-state index in [2.05, 4.69) is 26.0 Å². The lowest BCUT2D eigenvalue weighted by Crippen LogP contribution is -2.11. The molecule has 2 N–H and O–H groups in total. The molecule has 0 radical (unpaired) electrons. The van der Waals surface area contributed by atoms with E-state index in [1.165, 1.54) is 11.3 Å². The molecular weight excluding hydrogens is 310 g/mol. The largest absolute Gasteiger partial charge is 0.296 e. The topological polar surface area (TPSA) is 79.3 Å². The van der Waals surface area contributed by atoms with Crippen LogP contribution in [0.25, 0.3) is 0 Å². The standard InChI is InChI=1S/C16H13N5OS/c22-14(13-9-5-2-6-10-13)18-15-20-21-16(23-15)19-17-11-12-7-3-1-4-8-12/h1-11H,(H,19,21)(H,18,20,22)/b17-11-. The second-order valence-electron chi connectivity index (χ2n) is 4.51. The molecule has 0 atom stereocenters. The number of nitrogens with zero attached hydrogens (tertiary/aromatic N) is 3. The Morgan fingerprint density at radius 3 is 2.35 bits per heavy atom. The molecule has 0 fully saturated rings. The molecule has 2 aromatic carbocycles. The van der Waals surface area contributed by atoms with E-state index in [0.29, 0.717) is 15.8 Å². The summed E-state index contributed by atoms with van der Waals surface area (Å²) < 4.78 is 0. The van der Waals surface area contributed by atoms with E-state index in [-0.39, 0.29) is 5.91 Å². The van der Waals surface area contributed by atoms with E-state index in [4.69, 9.17) is 0 Å².